The van der Waals surface area contributed by atoms with E-state index < -0.39 is 0 Å². The van der Waals surface area contributed by atoms with Crippen LogP contribution in [0.4, 0.5) is 5.69 Å². The van der Waals surface area contributed by atoms with Crippen LogP contribution in [0.3, 0.4) is 0 Å². The lowest BCUT2D eigenvalue weighted by Crippen LogP contribution is -2.37. The molecular weight excluding hydrogens is 254 g/mol. The Kier molecular flexibility index (Phi) is 3.32. The molecule has 1 aromatic rings. The van der Waals surface area contributed by atoms with Gasteiger partial charge in [-0.3, -0.25) is 0 Å². The maximum Gasteiger partial charge on any atom is 0.0702 e. The molecule has 0 saturated heterocycles. The molecule has 2 rings (SSSR count). The zero-order valence-corrected chi connectivity index (χ0v) is 10.5. The van der Waals surface area contributed by atoms with Gasteiger partial charge in [-0.2, -0.15) is 0 Å². The van der Waals surface area contributed by atoms with Gasteiger partial charge in [-0.15, -0.1) is 0 Å². The Morgan fingerprint density at radius 2 is 2.20 bits per heavy atom. The molecule has 1 aromatic carbocycles. The van der Waals surface area contributed by atoms with Crippen LogP contribution >= 0.6 is 15.9 Å². The number of halogens is 1. The zero-order valence-electron chi connectivity index (χ0n) is 8.91. The minimum absolute atomic E-state index is 0.103. The highest BCUT2D eigenvalue weighted by Gasteiger charge is 2.23. The van der Waals surface area contributed by atoms with Crippen molar-refractivity contribution in [1.82, 2.24) is 0 Å². The van der Waals surface area contributed by atoms with E-state index in [2.05, 4.69) is 33.9 Å². The van der Waals surface area contributed by atoms with Gasteiger partial charge in [-0.1, -0.05) is 15.9 Å². The Morgan fingerprint density at radius 1 is 1.47 bits per heavy atom. The highest BCUT2D eigenvalue weighted by molar-refractivity contribution is 9.10. The van der Waals surface area contributed by atoms with E-state index in [1.807, 2.05) is 12.1 Å². The molecule has 0 unspecified atom stereocenters. The number of aliphatic hydroxyl groups is 1. The number of benzene rings is 1. The maximum absolute atomic E-state index is 9.32. The van der Waals surface area contributed by atoms with Gasteiger partial charge in [-0.25, -0.2) is 0 Å². The first-order chi connectivity index (χ1) is 7.22. The lowest BCUT2D eigenvalue weighted by molar-refractivity contribution is 0.281. The average Bonchev–Trinajstić information content (AvgIpc) is 2.14. The number of nitrogens with zero attached hydrogens (tertiary/aromatic N) is 1. The lowest BCUT2D eigenvalue weighted by Gasteiger charge is -2.37. The van der Waals surface area contributed by atoms with Gasteiger partial charge in [0.1, 0.15) is 0 Å². The first kappa shape index (κ1) is 11.0. The number of aliphatic hydroxyl groups excluding tert-OH is 1. The van der Waals surface area contributed by atoms with Crippen LogP contribution in [-0.2, 0) is 6.61 Å². The van der Waals surface area contributed by atoms with Gasteiger partial charge in [0.05, 0.1) is 6.61 Å². The van der Waals surface area contributed by atoms with Crippen LogP contribution < -0.4 is 4.90 Å². The smallest absolute Gasteiger partial charge is 0.0702 e. The van der Waals surface area contributed by atoms with E-state index in [4.69, 9.17) is 0 Å². The molecule has 15 heavy (non-hydrogen) atoms. The van der Waals surface area contributed by atoms with Crippen molar-refractivity contribution in [2.75, 3.05) is 11.9 Å². The molecule has 0 heterocycles. The maximum atomic E-state index is 9.32. The highest BCUT2D eigenvalue weighted by Crippen LogP contribution is 2.31. The van der Waals surface area contributed by atoms with Gasteiger partial charge in [-0.05, 0) is 37.5 Å². The second kappa shape index (κ2) is 4.54. The van der Waals surface area contributed by atoms with Crippen LogP contribution in [0.25, 0.3) is 0 Å². The Morgan fingerprint density at radius 3 is 2.73 bits per heavy atom. The van der Waals surface area contributed by atoms with E-state index in [1.54, 1.807) is 0 Å². The van der Waals surface area contributed by atoms with Crippen molar-refractivity contribution in [3.63, 3.8) is 0 Å². The van der Waals surface area contributed by atoms with E-state index in [-0.39, 0.29) is 6.61 Å². The predicted molar refractivity (Wildman–Crippen MR) is 66.1 cm³/mol. The third-order valence-corrected chi connectivity index (χ3v) is 3.71. The van der Waals surface area contributed by atoms with E-state index in [9.17, 15) is 5.11 Å². The largest absolute Gasteiger partial charge is 0.392 e. The van der Waals surface area contributed by atoms with Gasteiger partial charge in [0.15, 0.2) is 0 Å². The van der Waals surface area contributed by atoms with Crippen LogP contribution in [0.2, 0.25) is 0 Å². The fourth-order valence-corrected chi connectivity index (χ4v) is 2.40. The number of anilines is 1. The van der Waals surface area contributed by atoms with Crippen molar-refractivity contribution in [3.05, 3.63) is 28.2 Å². The van der Waals surface area contributed by atoms with Gasteiger partial charge in [0, 0.05) is 28.8 Å². The summed E-state index contributed by atoms with van der Waals surface area (Å²) in [4.78, 5) is 2.29. The minimum Gasteiger partial charge on any atom is -0.392 e. The molecule has 1 saturated carbocycles. The number of rotatable bonds is 3. The minimum atomic E-state index is 0.103. The predicted octanol–water partition coefficient (Wildman–Crippen LogP) is 2.93. The third-order valence-electron chi connectivity index (χ3n) is 3.21. The fourth-order valence-electron chi connectivity index (χ4n) is 2.00. The second-order valence-corrected chi connectivity index (χ2v) is 5.04. The Labute approximate surface area is 99.0 Å². The summed E-state index contributed by atoms with van der Waals surface area (Å²) in [6.07, 6.45) is 3.88. The summed E-state index contributed by atoms with van der Waals surface area (Å²) in [6.45, 7) is 0.103. The molecule has 1 aliphatic carbocycles. The van der Waals surface area contributed by atoms with Crippen LogP contribution in [0, 0.1) is 0 Å². The lowest BCUT2D eigenvalue weighted by atomic mass is 9.91. The van der Waals surface area contributed by atoms with E-state index in [0.29, 0.717) is 6.04 Å². The summed E-state index contributed by atoms with van der Waals surface area (Å²) in [6, 6.07) is 6.76. The van der Waals surface area contributed by atoms with Gasteiger partial charge in [0.2, 0.25) is 0 Å². The molecule has 3 heteroatoms. The van der Waals surface area contributed by atoms with Crippen LogP contribution in [-0.4, -0.2) is 18.2 Å². The molecule has 0 atom stereocenters. The second-order valence-electron chi connectivity index (χ2n) is 4.13. The van der Waals surface area contributed by atoms with E-state index in [1.165, 1.54) is 19.3 Å². The number of hydrogen-bond donors (Lipinski definition) is 1. The first-order valence-corrected chi connectivity index (χ1v) is 6.14. The zero-order chi connectivity index (χ0) is 10.8. The monoisotopic (exact) mass is 269 g/mol. The molecule has 0 aromatic heterocycles. The molecule has 0 spiro atoms. The standard InChI is InChI=1S/C12H16BrNO/c1-14(11-3-2-4-11)12-6-5-10(13)7-9(12)8-15/h5-7,11,15H,2-4,8H2,1H3. The fraction of sp³-hybridized carbons (Fsp3) is 0.500. The Hall–Kier alpha value is -0.540. The summed E-state index contributed by atoms with van der Waals surface area (Å²) in [5, 5.41) is 9.32. The Bertz CT molecular complexity index is 349. The quantitative estimate of drug-likeness (QED) is 0.912. The van der Waals surface area contributed by atoms with Crippen LogP contribution in [0.15, 0.2) is 22.7 Å². The van der Waals surface area contributed by atoms with Crippen molar-refractivity contribution in [3.8, 4) is 0 Å². The van der Waals surface area contributed by atoms with Crippen molar-refractivity contribution in [2.45, 2.75) is 31.9 Å². The highest BCUT2D eigenvalue weighted by atomic mass is 79.9. The average molecular weight is 270 g/mol. The summed E-state index contributed by atoms with van der Waals surface area (Å²) < 4.78 is 1.03. The third kappa shape index (κ3) is 2.18. The van der Waals surface area contributed by atoms with Gasteiger partial charge >= 0.3 is 0 Å². The molecule has 1 aliphatic rings. The summed E-state index contributed by atoms with van der Waals surface area (Å²) in [5.41, 5.74) is 2.16. The van der Waals surface area contributed by atoms with Gasteiger partial charge in [0.25, 0.3) is 0 Å². The van der Waals surface area contributed by atoms with Gasteiger partial charge < -0.3 is 10.0 Å². The van der Waals surface area contributed by atoms with Crippen LogP contribution in [0.5, 0.6) is 0 Å². The van der Waals surface area contributed by atoms with Crippen molar-refractivity contribution >= 4 is 21.6 Å². The molecule has 0 radical (unpaired) electrons. The molecule has 1 fully saturated rings. The summed E-state index contributed by atoms with van der Waals surface area (Å²) >= 11 is 3.42. The molecular formula is C12H16BrNO. The first-order valence-electron chi connectivity index (χ1n) is 5.34. The molecule has 0 aliphatic heterocycles. The molecule has 82 valence electrons. The normalized spacial score (nSPS) is 16.2. The summed E-state index contributed by atoms with van der Waals surface area (Å²) in [5.74, 6) is 0. The van der Waals surface area contributed by atoms with Crippen molar-refractivity contribution in [2.24, 2.45) is 0 Å². The van der Waals surface area contributed by atoms with E-state index >= 15 is 0 Å². The molecule has 1 N–H and O–H groups in total. The Balaban J connectivity index is 2.25. The SMILES string of the molecule is CN(c1ccc(Br)cc1CO)C1CCC1. The molecule has 0 bridgehead atoms. The van der Waals surface area contributed by atoms with Crippen molar-refractivity contribution in [1.29, 1.82) is 0 Å². The number of hydrogen-bond acceptors (Lipinski definition) is 2. The topological polar surface area (TPSA) is 23.5 Å². The molecule has 0 amide bonds. The summed E-state index contributed by atoms with van der Waals surface area (Å²) in [7, 11) is 2.12. The van der Waals surface area contributed by atoms with Crippen LogP contribution in [0.1, 0.15) is 24.8 Å². The molecule has 2 nitrogen and oxygen atoms in total. The van der Waals surface area contributed by atoms with Crippen molar-refractivity contribution < 1.29 is 5.11 Å². The van der Waals surface area contributed by atoms with E-state index in [0.717, 1.165) is 15.7 Å².